The van der Waals surface area contributed by atoms with Gasteiger partial charge in [-0.1, -0.05) is 26.0 Å². The Morgan fingerprint density at radius 1 is 1.33 bits per heavy atom. The molecular formula is C14H17FN2S. The first-order chi connectivity index (χ1) is 8.63. The number of nitrogens with zero attached hydrogens (tertiary/aromatic N) is 1. The third-order valence-electron chi connectivity index (χ3n) is 2.71. The molecule has 0 fully saturated rings. The number of hydrogen-bond donors (Lipinski definition) is 1. The molecule has 2 N–H and O–H groups in total. The van der Waals surface area contributed by atoms with Crippen molar-refractivity contribution in [3.8, 4) is 11.3 Å². The molecule has 0 amide bonds. The van der Waals surface area contributed by atoms with Gasteiger partial charge in [-0.2, -0.15) is 0 Å². The lowest BCUT2D eigenvalue weighted by atomic mass is 10.1. The van der Waals surface area contributed by atoms with Crippen LogP contribution in [0.25, 0.3) is 11.3 Å². The van der Waals surface area contributed by atoms with E-state index in [1.807, 2.05) is 6.07 Å². The van der Waals surface area contributed by atoms with Crippen LogP contribution in [0.15, 0.2) is 24.3 Å². The maximum atomic E-state index is 13.9. The van der Waals surface area contributed by atoms with Crippen LogP contribution >= 0.6 is 11.3 Å². The van der Waals surface area contributed by atoms with E-state index in [0.29, 0.717) is 18.0 Å². The Hall–Kier alpha value is -1.26. The van der Waals surface area contributed by atoms with Crippen molar-refractivity contribution in [2.75, 3.05) is 6.54 Å². The summed E-state index contributed by atoms with van der Waals surface area (Å²) >= 11 is 1.64. The molecule has 2 aromatic rings. The number of rotatable bonds is 4. The molecule has 4 heteroatoms. The Labute approximate surface area is 111 Å². The highest BCUT2D eigenvalue weighted by Gasteiger charge is 2.17. The summed E-state index contributed by atoms with van der Waals surface area (Å²) in [5, 5.41) is 0.986. The molecule has 0 saturated carbocycles. The third-order valence-corrected chi connectivity index (χ3v) is 4.12. The molecule has 0 aliphatic carbocycles. The van der Waals surface area contributed by atoms with Crippen LogP contribution in [-0.2, 0) is 6.42 Å². The smallest absolute Gasteiger partial charge is 0.132 e. The molecule has 2 rings (SSSR count). The molecule has 1 aromatic carbocycles. The van der Waals surface area contributed by atoms with Gasteiger partial charge in [-0.15, -0.1) is 11.3 Å². The van der Waals surface area contributed by atoms with Crippen molar-refractivity contribution in [1.82, 2.24) is 4.98 Å². The van der Waals surface area contributed by atoms with Gasteiger partial charge in [0.2, 0.25) is 0 Å². The fourth-order valence-electron chi connectivity index (χ4n) is 1.85. The zero-order valence-electron chi connectivity index (χ0n) is 10.6. The highest BCUT2D eigenvalue weighted by atomic mass is 32.1. The van der Waals surface area contributed by atoms with E-state index >= 15 is 0 Å². The average molecular weight is 264 g/mol. The molecule has 96 valence electrons. The van der Waals surface area contributed by atoms with Gasteiger partial charge in [0.15, 0.2) is 0 Å². The second-order valence-corrected chi connectivity index (χ2v) is 5.61. The number of nitrogens with two attached hydrogens (primary N) is 1. The van der Waals surface area contributed by atoms with Gasteiger partial charge in [0.05, 0.1) is 10.7 Å². The van der Waals surface area contributed by atoms with Crippen molar-refractivity contribution in [3.63, 3.8) is 0 Å². The van der Waals surface area contributed by atoms with Crippen molar-refractivity contribution < 1.29 is 4.39 Å². The standard InChI is InChI=1S/C14H17FN2S/c1-9(2)14-13(17-12(18-14)7-8-16)10-5-3-4-6-11(10)15/h3-6,9H,7-8,16H2,1-2H3. The van der Waals surface area contributed by atoms with Crippen molar-refractivity contribution in [1.29, 1.82) is 0 Å². The van der Waals surface area contributed by atoms with Crippen molar-refractivity contribution in [2.24, 2.45) is 5.73 Å². The van der Waals surface area contributed by atoms with Crippen molar-refractivity contribution >= 4 is 11.3 Å². The van der Waals surface area contributed by atoms with Gasteiger partial charge in [-0.3, -0.25) is 0 Å². The number of thiazole rings is 1. The maximum Gasteiger partial charge on any atom is 0.132 e. The minimum atomic E-state index is -0.219. The molecule has 0 spiro atoms. The van der Waals surface area contributed by atoms with Crippen LogP contribution in [0.4, 0.5) is 4.39 Å². The summed E-state index contributed by atoms with van der Waals surface area (Å²) < 4.78 is 13.9. The summed E-state index contributed by atoms with van der Waals surface area (Å²) in [6, 6.07) is 6.79. The van der Waals surface area contributed by atoms with Crippen LogP contribution < -0.4 is 5.73 Å². The first-order valence-corrected chi connectivity index (χ1v) is 6.89. The summed E-state index contributed by atoms with van der Waals surface area (Å²) in [7, 11) is 0. The monoisotopic (exact) mass is 264 g/mol. The molecule has 0 saturated heterocycles. The molecule has 0 radical (unpaired) electrons. The summed E-state index contributed by atoms with van der Waals surface area (Å²) in [6.45, 7) is 4.77. The molecule has 2 nitrogen and oxygen atoms in total. The SMILES string of the molecule is CC(C)c1sc(CCN)nc1-c1ccccc1F. The minimum Gasteiger partial charge on any atom is -0.330 e. The first kappa shape index (κ1) is 13.2. The Morgan fingerprint density at radius 3 is 2.67 bits per heavy atom. The van der Waals surface area contributed by atoms with E-state index in [9.17, 15) is 4.39 Å². The number of aromatic nitrogens is 1. The molecule has 0 bridgehead atoms. The first-order valence-electron chi connectivity index (χ1n) is 6.08. The zero-order valence-corrected chi connectivity index (χ0v) is 11.4. The lowest BCUT2D eigenvalue weighted by Gasteiger charge is -2.05. The van der Waals surface area contributed by atoms with Crippen LogP contribution in [-0.4, -0.2) is 11.5 Å². The summed E-state index contributed by atoms with van der Waals surface area (Å²) in [4.78, 5) is 5.68. The Morgan fingerprint density at radius 2 is 2.06 bits per heavy atom. The molecule has 1 heterocycles. The molecule has 0 atom stereocenters. The van der Waals surface area contributed by atoms with E-state index < -0.39 is 0 Å². The van der Waals surface area contributed by atoms with Gasteiger partial charge in [0.1, 0.15) is 5.82 Å². The highest BCUT2D eigenvalue weighted by molar-refractivity contribution is 7.12. The van der Waals surface area contributed by atoms with Crippen LogP contribution in [0.1, 0.15) is 29.7 Å². The molecule has 0 unspecified atom stereocenters. The van der Waals surface area contributed by atoms with Crippen LogP contribution in [0.2, 0.25) is 0 Å². The summed E-state index contributed by atoms with van der Waals surface area (Å²) in [5.41, 5.74) is 6.92. The summed E-state index contributed by atoms with van der Waals surface area (Å²) in [6.07, 6.45) is 0.749. The van der Waals surface area contributed by atoms with Gasteiger partial charge >= 0.3 is 0 Å². The fraction of sp³-hybridized carbons (Fsp3) is 0.357. The number of hydrogen-bond acceptors (Lipinski definition) is 3. The van der Waals surface area contributed by atoms with Gasteiger partial charge in [-0.25, -0.2) is 9.37 Å². The lowest BCUT2D eigenvalue weighted by molar-refractivity contribution is 0.630. The van der Waals surface area contributed by atoms with E-state index in [-0.39, 0.29) is 5.82 Å². The predicted molar refractivity (Wildman–Crippen MR) is 74.4 cm³/mol. The topological polar surface area (TPSA) is 38.9 Å². The predicted octanol–water partition coefficient (Wildman–Crippen LogP) is 3.57. The minimum absolute atomic E-state index is 0.219. The maximum absolute atomic E-state index is 13.9. The number of benzene rings is 1. The Kier molecular flexibility index (Phi) is 4.09. The van der Waals surface area contributed by atoms with E-state index in [1.165, 1.54) is 6.07 Å². The van der Waals surface area contributed by atoms with E-state index in [0.717, 1.165) is 22.0 Å². The van der Waals surface area contributed by atoms with E-state index in [2.05, 4.69) is 18.8 Å². The number of halogens is 1. The van der Waals surface area contributed by atoms with E-state index in [4.69, 9.17) is 5.73 Å². The highest BCUT2D eigenvalue weighted by Crippen LogP contribution is 2.35. The van der Waals surface area contributed by atoms with Crippen LogP contribution in [0, 0.1) is 5.82 Å². The Bertz CT molecular complexity index is 534. The second kappa shape index (κ2) is 5.59. The molecular weight excluding hydrogens is 247 g/mol. The van der Waals surface area contributed by atoms with Crippen molar-refractivity contribution in [3.05, 3.63) is 40.0 Å². The van der Waals surface area contributed by atoms with Gasteiger partial charge in [0.25, 0.3) is 0 Å². The van der Waals surface area contributed by atoms with Crippen LogP contribution in [0.5, 0.6) is 0 Å². The van der Waals surface area contributed by atoms with E-state index in [1.54, 1.807) is 23.5 Å². The lowest BCUT2D eigenvalue weighted by Crippen LogP contribution is -2.02. The van der Waals surface area contributed by atoms with Crippen LogP contribution in [0.3, 0.4) is 0 Å². The fourth-order valence-corrected chi connectivity index (χ4v) is 2.94. The normalized spacial score (nSPS) is 11.2. The van der Waals surface area contributed by atoms with Gasteiger partial charge in [0, 0.05) is 16.9 Å². The molecule has 0 aliphatic heterocycles. The second-order valence-electron chi connectivity index (χ2n) is 4.49. The molecule has 0 aliphatic rings. The van der Waals surface area contributed by atoms with Crippen molar-refractivity contribution in [2.45, 2.75) is 26.2 Å². The Balaban J connectivity index is 2.52. The molecule has 1 aromatic heterocycles. The summed E-state index contributed by atoms with van der Waals surface area (Å²) in [5.74, 6) is 0.118. The van der Waals surface area contributed by atoms with Gasteiger partial charge in [-0.05, 0) is 24.6 Å². The third kappa shape index (κ3) is 2.60. The van der Waals surface area contributed by atoms with Gasteiger partial charge < -0.3 is 5.73 Å². The average Bonchev–Trinajstić information content (AvgIpc) is 2.74. The molecule has 18 heavy (non-hydrogen) atoms. The quantitative estimate of drug-likeness (QED) is 0.916. The largest absolute Gasteiger partial charge is 0.330 e. The zero-order chi connectivity index (χ0) is 13.1.